The number of aliphatic imine (C=N–C) groups is 1. The van der Waals surface area contributed by atoms with Crippen molar-refractivity contribution in [1.29, 1.82) is 0 Å². The van der Waals surface area contributed by atoms with Gasteiger partial charge in [-0.25, -0.2) is 9.79 Å². The number of rotatable bonds is 7. The van der Waals surface area contributed by atoms with Gasteiger partial charge in [0, 0.05) is 11.3 Å². The molecular formula is C27H24N2O5. The van der Waals surface area contributed by atoms with E-state index in [1.165, 1.54) is 7.11 Å². The molecule has 1 N–H and O–H groups in total. The Morgan fingerprint density at radius 1 is 1.00 bits per heavy atom. The zero-order chi connectivity index (χ0) is 24.1. The minimum atomic E-state index is -0.527. The van der Waals surface area contributed by atoms with Crippen LogP contribution in [0, 0.1) is 13.8 Å². The molecule has 0 saturated heterocycles. The standard InChI is InChI=1S/C27H24N2O5/c1-17-9-11-21(13-18(17)2)28-25(30)16-33-23-12-10-19(15-24(23)32-3)14-22-27(31)34-26(29-22)20-7-5-4-6-8-20/h4-15H,16H2,1-3H3,(H,28,30). The Bertz CT molecular complexity index is 1300. The fraction of sp³-hybridized carbons (Fsp3) is 0.148. The van der Waals surface area contributed by atoms with Crippen LogP contribution in [0.1, 0.15) is 22.3 Å². The smallest absolute Gasteiger partial charge is 0.363 e. The molecule has 4 rings (SSSR count). The number of hydrogen-bond donors (Lipinski definition) is 1. The molecule has 0 radical (unpaired) electrons. The predicted molar refractivity (Wildman–Crippen MR) is 130 cm³/mol. The molecule has 34 heavy (non-hydrogen) atoms. The summed E-state index contributed by atoms with van der Waals surface area (Å²) in [5.74, 6) is 0.280. The van der Waals surface area contributed by atoms with E-state index in [0.717, 1.165) is 16.7 Å². The Hall–Kier alpha value is -4.39. The number of amides is 1. The van der Waals surface area contributed by atoms with E-state index in [9.17, 15) is 9.59 Å². The van der Waals surface area contributed by atoms with Gasteiger partial charge in [0.15, 0.2) is 23.8 Å². The first-order chi connectivity index (χ1) is 16.4. The van der Waals surface area contributed by atoms with Crippen molar-refractivity contribution >= 4 is 29.5 Å². The summed E-state index contributed by atoms with van der Waals surface area (Å²) in [4.78, 5) is 28.9. The third-order valence-electron chi connectivity index (χ3n) is 5.28. The molecule has 0 saturated carbocycles. The fourth-order valence-electron chi connectivity index (χ4n) is 3.32. The maximum absolute atomic E-state index is 12.3. The Morgan fingerprint density at radius 2 is 1.79 bits per heavy atom. The zero-order valence-corrected chi connectivity index (χ0v) is 19.1. The number of nitrogens with zero attached hydrogens (tertiary/aromatic N) is 1. The van der Waals surface area contributed by atoms with Crippen LogP contribution < -0.4 is 14.8 Å². The number of benzene rings is 3. The van der Waals surface area contributed by atoms with Gasteiger partial charge in [0.1, 0.15) is 0 Å². The molecule has 0 aliphatic carbocycles. The second-order valence-corrected chi connectivity index (χ2v) is 7.75. The van der Waals surface area contributed by atoms with Gasteiger partial charge in [0.25, 0.3) is 5.91 Å². The number of nitrogens with one attached hydrogen (secondary N) is 1. The summed E-state index contributed by atoms with van der Waals surface area (Å²) in [6.45, 7) is 3.82. The molecular weight excluding hydrogens is 432 g/mol. The molecule has 172 valence electrons. The lowest BCUT2D eigenvalue weighted by molar-refractivity contribution is -0.130. The van der Waals surface area contributed by atoms with E-state index in [2.05, 4.69) is 10.3 Å². The molecule has 7 heteroatoms. The molecule has 1 aliphatic heterocycles. The molecule has 0 aromatic heterocycles. The maximum Gasteiger partial charge on any atom is 0.363 e. The van der Waals surface area contributed by atoms with Crippen LogP contribution in [0.4, 0.5) is 5.69 Å². The van der Waals surface area contributed by atoms with Crippen molar-refractivity contribution in [1.82, 2.24) is 0 Å². The third-order valence-corrected chi connectivity index (χ3v) is 5.28. The summed E-state index contributed by atoms with van der Waals surface area (Å²) >= 11 is 0. The molecule has 1 amide bonds. The van der Waals surface area contributed by atoms with E-state index in [4.69, 9.17) is 14.2 Å². The molecule has 0 spiro atoms. The van der Waals surface area contributed by atoms with Crippen LogP contribution in [0.3, 0.4) is 0 Å². The molecule has 0 fully saturated rings. The minimum Gasteiger partial charge on any atom is -0.493 e. The summed E-state index contributed by atoms with van der Waals surface area (Å²) in [6.07, 6.45) is 1.61. The van der Waals surface area contributed by atoms with Gasteiger partial charge in [-0.05, 0) is 73.0 Å². The quantitative estimate of drug-likeness (QED) is 0.412. The molecule has 3 aromatic carbocycles. The monoisotopic (exact) mass is 456 g/mol. The van der Waals surface area contributed by atoms with E-state index >= 15 is 0 Å². The minimum absolute atomic E-state index is 0.180. The highest BCUT2D eigenvalue weighted by Crippen LogP contribution is 2.30. The fourth-order valence-corrected chi connectivity index (χ4v) is 3.32. The van der Waals surface area contributed by atoms with Gasteiger partial charge in [0.2, 0.25) is 5.90 Å². The Kier molecular flexibility index (Phi) is 6.73. The van der Waals surface area contributed by atoms with Crippen LogP contribution >= 0.6 is 0 Å². The number of hydrogen-bond acceptors (Lipinski definition) is 6. The Balaban J connectivity index is 1.44. The second kappa shape index (κ2) is 10.0. The lowest BCUT2D eigenvalue weighted by Crippen LogP contribution is -2.20. The summed E-state index contributed by atoms with van der Waals surface area (Å²) < 4.78 is 16.4. The second-order valence-electron chi connectivity index (χ2n) is 7.75. The first-order valence-electron chi connectivity index (χ1n) is 10.7. The van der Waals surface area contributed by atoms with E-state index in [0.29, 0.717) is 22.7 Å². The molecule has 1 aliphatic rings. The largest absolute Gasteiger partial charge is 0.493 e. The number of aryl methyl sites for hydroxylation is 2. The van der Waals surface area contributed by atoms with E-state index in [1.807, 2.05) is 62.4 Å². The summed E-state index contributed by atoms with van der Waals surface area (Å²) in [5.41, 5.74) is 4.54. The van der Waals surface area contributed by atoms with Crippen LogP contribution in [0.2, 0.25) is 0 Å². The molecule has 7 nitrogen and oxygen atoms in total. The Labute approximate surface area is 197 Å². The van der Waals surface area contributed by atoms with Crippen molar-refractivity contribution < 1.29 is 23.8 Å². The number of carbonyl (C=O) groups excluding carboxylic acids is 2. The number of carbonyl (C=O) groups is 2. The first kappa shape index (κ1) is 22.8. The van der Waals surface area contributed by atoms with Crippen molar-refractivity contribution in [3.05, 3.63) is 94.7 Å². The number of ether oxygens (including phenoxy) is 3. The number of anilines is 1. The van der Waals surface area contributed by atoms with Crippen LogP contribution in [0.25, 0.3) is 6.08 Å². The highest BCUT2D eigenvalue weighted by molar-refractivity contribution is 6.12. The van der Waals surface area contributed by atoms with Crippen molar-refractivity contribution in [2.75, 3.05) is 19.0 Å². The molecule has 3 aromatic rings. The molecule has 1 heterocycles. The third kappa shape index (κ3) is 5.32. The maximum atomic E-state index is 12.3. The topological polar surface area (TPSA) is 86.2 Å². The van der Waals surface area contributed by atoms with Crippen molar-refractivity contribution in [2.45, 2.75) is 13.8 Å². The van der Waals surface area contributed by atoms with E-state index in [-0.39, 0.29) is 24.1 Å². The molecule has 0 bridgehead atoms. The normalized spacial score (nSPS) is 13.9. The van der Waals surface area contributed by atoms with Crippen molar-refractivity contribution in [3.63, 3.8) is 0 Å². The van der Waals surface area contributed by atoms with Crippen LogP contribution in [-0.2, 0) is 14.3 Å². The first-order valence-corrected chi connectivity index (χ1v) is 10.7. The SMILES string of the molecule is COc1cc(C=C2N=C(c3ccccc3)OC2=O)ccc1OCC(=O)Nc1ccc(C)c(C)c1. The lowest BCUT2D eigenvalue weighted by Gasteiger charge is -2.12. The number of cyclic esters (lactones) is 1. The van der Waals surface area contributed by atoms with E-state index in [1.54, 1.807) is 24.3 Å². The zero-order valence-electron chi connectivity index (χ0n) is 19.1. The Morgan fingerprint density at radius 3 is 2.53 bits per heavy atom. The number of methoxy groups -OCH3 is 1. The number of esters is 1. The van der Waals surface area contributed by atoms with Gasteiger partial charge in [-0.15, -0.1) is 0 Å². The predicted octanol–water partition coefficient (Wildman–Crippen LogP) is 4.67. The summed E-state index contributed by atoms with van der Waals surface area (Å²) in [5, 5.41) is 2.82. The van der Waals surface area contributed by atoms with Crippen LogP contribution in [0.5, 0.6) is 11.5 Å². The van der Waals surface area contributed by atoms with Crippen LogP contribution in [0.15, 0.2) is 77.4 Å². The van der Waals surface area contributed by atoms with Gasteiger partial charge in [-0.2, -0.15) is 0 Å². The van der Waals surface area contributed by atoms with Crippen molar-refractivity contribution in [2.24, 2.45) is 4.99 Å². The summed E-state index contributed by atoms with van der Waals surface area (Å²) in [6, 6.07) is 20.0. The van der Waals surface area contributed by atoms with Crippen molar-refractivity contribution in [3.8, 4) is 11.5 Å². The molecule has 0 unspecified atom stereocenters. The van der Waals surface area contributed by atoms with Gasteiger partial charge in [-0.3, -0.25) is 4.79 Å². The average Bonchev–Trinajstić information content (AvgIpc) is 3.21. The summed E-state index contributed by atoms with van der Waals surface area (Å²) in [7, 11) is 1.50. The van der Waals surface area contributed by atoms with Gasteiger partial charge in [-0.1, -0.05) is 30.3 Å². The lowest BCUT2D eigenvalue weighted by atomic mass is 10.1. The average molecular weight is 456 g/mol. The van der Waals surface area contributed by atoms with Gasteiger partial charge in [0.05, 0.1) is 7.11 Å². The van der Waals surface area contributed by atoms with Crippen LogP contribution in [-0.4, -0.2) is 31.5 Å². The highest BCUT2D eigenvalue weighted by atomic mass is 16.6. The van der Waals surface area contributed by atoms with E-state index < -0.39 is 5.97 Å². The highest BCUT2D eigenvalue weighted by Gasteiger charge is 2.24. The van der Waals surface area contributed by atoms with Gasteiger partial charge < -0.3 is 19.5 Å². The molecule has 0 atom stereocenters. The van der Waals surface area contributed by atoms with Gasteiger partial charge >= 0.3 is 5.97 Å².